The van der Waals surface area contributed by atoms with E-state index in [1.165, 1.54) is 4.90 Å². The lowest BCUT2D eigenvalue weighted by atomic mass is 9.84. The molecule has 1 amide bonds. The van der Waals surface area contributed by atoms with Crippen molar-refractivity contribution in [3.05, 3.63) is 108 Å². The lowest BCUT2D eigenvalue weighted by Gasteiger charge is -2.38. The number of likely N-dealkylation sites (tertiary alicyclic amines) is 1. The van der Waals surface area contributed by atoms with Crippen molar-refractivity contribution >= 4 is 12.1 Å². The fraction of sp³-hybridized carbons (Fsp3) is 0.355. The van der Waals surface area contributed by atoms with Crippen molar-refractivity contribution in [2.24, 2.45) is 5.92 Å². The molecule has 4 rings (SSSR count). The van der Waals surface area contributed by atoms with Gasteiger partial charge in [-0.25, -0.2) is 9.59 Å². The van der Waals surface area contributed by atoms with Crippen LogP contribution in [0.15, 0.2) is 91.0 Å². The van der Waals surface area contributed by atoms with E-state index in [1.54, 1.807) is 20.8 Å². The second-order valence-corrected chi connectivity index (χ2v) is 10.7. The van der Waals surface area contributed by atoms with Gasteiger partial charge in [0.2, 0.25) is 0 Å². The van der Waals surface area contributed by atoms with Gasteiger partial charge < -0.3 is 14.6 Å². The van der Waals surface area contributed by atoms with Crippen LogP contribution in [0.4, 0.5) is 4.79 Å². The van der Waals surface area contributed by atoms with E-state index in [0.29, 0.717) is 6.42 Å². The van der Waals surface area contributed by atoms with E-state index < -0.39 is 29.4 Å². The van der Waals surface area contributed by atoms with Crippen molar-refractivity contribution in [1.29, 1.82) is 0 Å². The number of hydrogen-bond donors (Lipinski definition) is 1. The average molecular weight is 502 g/mol. The fourth-order valence-electron chi connectivity index (χ4n) is 4.99. The van der Waals surface area contributed by atoms with Crippen molar-refractivity contribution in [3.63, 3.8) is 0 Å². The number of carbonyl (C=O) groups excluding carboxylic acids is 2. The predicted octanol–water partition coefficient (Wildman–Crippen LogP) is 5.53. The molecule has 0 aromatic heterocycles. The Balaban J connectivity index is 1.73. The van der Waals surface area contributed by atoms with Crippen molar-refractivity contribution in [3.8, 4) is 0 Å². The Bertz CT molecular complexity index is 1180. The zero-order valence-corrected chi connectivity index (χ0v) is 21.7. The quantitative estimate of drug-likeness (QED) is 0.431. The molecule has 3 aromatic rings. The first-order chi connectivity index (χ1) is 17.7. The lowest BCUT2D eigenvalue weighted by molar-refractivity contribution is -0.161. The Kier molecular flexibility index (Phi) is 7.98. The van der Waals surface area contributed by atoms with E-state index in [4.69, 9.17) is 9.47 Å². The monoisotopic (exact) mass is 501 g/mol. The van der Waals surface area contributed by atoms with Gasteiger partial charge in [-0.3, -0.25) is 4.90 Å². The summed E-state index contributed by atoms with van der Waals surface area (Å²) < 4.78 is 11.6. The Hall–Kier alpha value is -3.64. The van der Waals surface area contributed by atoms with Gasteiger partial charge in [-0.15, -0.1) is 0 Å². The van der Waals surface area contributed by atoms with E-state index in [0.717, 1.165) is 16.7 Å². The van der Waals surface area contributed by atoms with Gasteiger partial charge in [0.1, 0.15) is 18.4 Å². The van der Waals surface area contributed by atoms with Crippen LogP contribution in [0.1, 0.15) is 43.9 Å². The topological polar surface area (TPSA) is 76.1 Å². The number of amides is 1. The van der Waals surface area contributed by atoms with Crippen molar-refractivity contribution in [2.75, 3.05) is 0 Å². The number of esters is 1. The third-order valence-electron chi connectivity index (χ3n) is 6.61. The number of benzene rings is 3. The van der Waals surface area contributed by atoms with E-state index in [-0.39, 0.29) is 25.4 Å². The highest BCUT2D eigenvalue weighted by Gasteiger charge is 2.59. The van der Waals surface area contributed by atoms with Crippen LogP contribution in [0.3, 0.4) is 0 Å². The number of aliphatic hydroxyl groups is 1. The molecule has 6 heteroatoms. The zero-order chi connectivity index (χ0) is 26.5. The highest BCUT2D eigenvalue weighted by Crippen LogP contribution is 2.43. The molecule has 3 unspecified atom stereocenters. The van der Waals surface area contributed by atoms with Gasteiger partial charge >= 0.3 is 12.1 Å². The van der Waals surface area contributed by atoms with Crippen LogP contribution in [0.25, 0.3) is 0 Å². The van der Waals surface area contributed by atoms with Crippen molar-refractivity contribution in [1.82, 2.24) is 4.90 Å². The van der Waals surface area contributed by atoms with Gasteiger partial charge in [0.05, 0.1) is 0 Å². The van der Waals surface area contributed by atoms with Crippen LogP contribution >= 0.6 is 0 Å². The van der Waals surface area contributed by atoms with E-state index in [9.17, 15) is 14.7 Å². The summed E-state index contributed by atoms with van der Waals surface area (Å²) in [5, 5.41) is 11.5. The minimum Gasteiger partial charge on any atom is -0.459 e. The molecule has 1 N–H and O–H groups in total. The number of aliphatic hydroxyl groups excluding tert-OH is 1. The van der Waals surface area contributed by atoms with Crippen LogP contribution in [-0.2, 0) is 33.7 Å². The molecule has 0 radical (unpaired) electrons. The van der Waals surface area contributed by atoms with Crippen LogP contribution in [-0.4, -0.2) is 39.4 Å². The predicted molar refractivity (Wildman–Crippen MR) is 141 cm³/mol. The molecule has 0 saturated carbocycles. The maximum Gasteiger partial charge on any atom is 0.413 e. The van der Waals surface area contributed by atoms with E-state index >= 15 is 0 Å². The third kappa shape index (κ3) is 6.38. The summed E-state index contributed by atoms with van der Waals surface area (Å²) in [6.07, 6.45) is -1.01. The molecule has 1 heterocycles. The molecule has 6 nitrogen and oxygen atoms in total. The first kappa shape index (κ1) is 26.4. The molecule has 1 aliphatic rings. The Labute approximate surface area is 218 Å². The molecule has 1 aliphatic heterocycles. The number of hydrogen-bond acceptors (Lipinski definition) is 5. The third-order valence-corrected chi connectivity index (χ3v) is 6.61. The summed E-state index contributed by atoms with van der Waals surface area (Å²) in [6, 6.07) is 28.7. The van der Waals surface area contributed by atoms with Gasteiger partial charge in [-0.2, -0.15) is 0 Å². The minimum atomic E-state index is -1.43. The molecule has 0 aliphatic carbocycles. The summed E-state index contributed by atoms with van der Waals surface area (Å²) in [5.74, 6) is -0.941. The standard InChI is InChI=1S/C31H35NO5/c1-30(2,3)37-29(35)32-27(33)26(19-23-13-7-4-8-14-23)21-31(32,20-24-15-9-5-10-16-24)28(34)36-22-25-17-11-6-12-18-25/h4-18,26-27,33H,19-22H2,1-3H3. The SMILES string of the molecule is CC(C)(C)OC(=O)N1C(O)C(Cc2ccccc2)CC1(Cc1ccccc1)C(=O)OCc1ccccc1. The van der Waals surface area contributed by atoms with Gasteiger partial charge in [0.15, 0.2) is 5.54 Å². The zero-order valence-electron chi connectivity index (χ0n) is 21.7. The molecule has 1 fully saturated rings. The maximum absolute atomic E-state index is 14.0. The average Bonchev–Trinajstić information content (AvgIpc) is 3.15. The van der Waals surface area contributed by atoms with Gasteiger partial charge in [0.25, 0.3) is 0 Å². The smallest absolute Gasteiger partial charge is 0.413 e. The van der Waals surface area contributed by atoms with Gasteiger partial charge in [-0.05, 0) is 50.3 Å². The molecular weight excluding hydrogens is 466 g/mol. The van der Waals surface area contributed by atoms with Gasteiger partial charge in [-0.1, -0.05) is 91.0 Å². The summed E-state index contributed by atoms with van der Waals surface area (Å²) in [5.41, 5.74) is 0.482. The molecule has 3 atom stereocenters. The number of carbonyl (C=O) groups is 2. The Morgan fingerprint density at radius 1 is 0.865 bits per heavy atom. The second kappa shape index (κ2) is 11.2. The minimum absolute atomic E-state index is 0.0673. The molecule has 1 saturated heterocycles. The molecule has 0 bridgehead atoms. The number of ether oxygens (including phenoxy) is 2. The highest BCUT2D eigenvalue weighted by atomic mass is 16.6. The molecule has 0 spiro atoms. The van der Waals surface area contributed by atoms with Gasteiger partial charge in [0, 0.05) is 12.3 Å². The van der Waals surface area contributed by atoms with E-state index in [2.05, 4.69) is 0 Å². The Morgan fingerprint density at radius 2 is 1.38 bits per heavy atom. The summed E-state index contributed by atoms with van der Waals surface area (Å²) >= 11 is 0. The van der Waals surface area contributed by atoms with Crippen LogP contribution in [0.2, 0.25) is 0 Å². The lowest BCUT2D eigenvalue weighted by Crippen LogP contribution is -2.58. The largest absolute Gasteiger partial charge is 0.459 e. The van der Waals surface area contributed by atoms with Crippen LogP contribution in [0, 0.1) is 5.92 Å². The molecular formula is C31H35NO5. The first-order valence-corrected chi connectivity index (χ1v) is 12.7. The normalized spacial score (nSPS) is 21.5. The highest BCUT2D eigenvalue weighted by molar-refractivity contribution is 5.87. The molecule has 194 valence electrons. The Morgan fingerprint density at radius 3 is 1.92 bits per heavy atom. The first-order valence-electron chi connectivity index (χ1n) is 12.7. The summed E-state index contributed by atoms with van der Waals surface area (Å²) in [6.45, 7) is 5.36. The summed E-state index contributed by atoms with van der Waals surface area (Å²) in [7, 11) is 0. The maximum atomic E-state index is 14.0. The summed E-state index contributed by atoms with van der Waals surface area (Å²) in [4.78, 5) is 28.8. The van der Waals surface area contributed by atoms with Crippen molar-refractivity contribution < 1.29 is 24.2 Å². The van der Waals surface area contributed by atoms with Crippen LogP contribution < -0.4 is 0 Å². The van der Waals surface area contributed by atoms with Crippen molar-refractivity contribution in [2.45, 2.75) is 64.0 Å². The molecule has 3 aromatic carbocycles. The van der Waals surface area contributed by atoms with Crippen LogP contribution in [0.5, 0.6) is 0 Å². The molecule has 37 heavy (non-hydrogen) atoms. The second-order valence-electron chi connectivity index (χ2n) is 10.7. The number of nitrogens with zero attached hydrogens (tertiary/aromatic N) is 1. The van der Waals surface area contributed by atoms with E-state index in [1.807, 2.05) is 91.0 Å². The fourth-order valence-corrected chi connectivity index (χ4v) is 4.99. The number of rotatable bonds is 7.